The number of hydrogen-bond acceptors (Lipinski definition) is 5. The zero-order valence-corrected chi connectivity index (χ0v) is 20.8. The first kappa shape index (κ1) is 24.1. The van der Waals surface area contributed by atoms with E-state index in [1.165, 1.54) is 11.1 Å². The normalized spacial score (nSPS) is 21.2. The molecule has 2 fully saturated rings. The Labute approximate surface area is 203 Å². The smallest absolute Gasteiger partial charge is 0.223 e. The van der Waals surface area contributed by atoms with E-state index in [1.807, 2.05) is 18.2 Å². The van der Waals surface area contributed by atoms with Crippen LogP contribution in [-0.4, -0.2) is 62.7 Å². The predicted octanol–water partition coefficient (Wildman–Crippen LogP) is 4.63. The van der Waals surface area contributed by atoms with Crippen molar-refractivity contribution in [2.24, 2.45) is 5.92 Å². The highest BCUT2D eigenvalue weighted by molar-refractivity contribution is 5.77. The van der Waals surface area contributed by atoms with Crippen LogP contribution in [0.4, 0.5) is 0 Å². The Morgan fingerprint density at radius 1 is 1.03 bits per heavy atom. The number of carbonyl (C=O) groups excluding carboxylic acids is 1. The molecule has 0 spiro atoms. The number of carbonyl (C=O) groups is 1. The van der Waals surface area contributed by atoms with E-state index < -0.39 is 0 Å². The molecule has 182 valence electrons. The van der Waals surface area contributed by atoms with Crippen molar-refractivity contribution in [3.8, 4) is 17.2 Å². The second-order valence-corrected chi connectivity index (χ2v) is 9.35. The third-order valence-electron chi connectivity index (χ3n) is 6.99. The molecule has 2 aromatic rings. The lowest BCUT2D eigenvalue weighted by atomic mass is 9.83. The van der Waals surface area contributed by atoms with Crippen molar-refractivity contribution < 1.29 is 19.0 Å². The molecule has 2 saturated heterocycles. The van der Waals surface area contributed by atoms with Gasteiger partial charge >= 0.3 is 0 Å². The summed E-state index contributed by atoms with van der Waals surface area (Å²) in [5.74, 6) is 2.55. The van der Waals surface area contributed by atoms with Gasteiger partial charge in [-0.25, -0.2) is 0 Å². The fourth-order valence-electron chi connectivity index (χ4n) is 5.43. The molecule has 1 amide bonds. The average molecular weight is 465 g/mol. The van der Waals surface area contributed by atoms with E-state index >= 15 is 0 Å². The van der Waals surface area contributed by atoms with E-state index in [0.717, 1.165) is 38.0 Å². The van der Waals surface area contributed by atoms with Crippen LogP contribution in [0.3, 0.4) is 0 Å². The molecule has 0 saturated carbocycles. The molecule has 2 aliphatic rings. The number of nitrogens with zero attached hydrogens (tertiary/aromatic N) is 2. The van der Waals surface area contributed by atoms with Crippen LogP contribution in [0.5, 0.6) is 17.2 Å². The largest absolute Gasteiger partial charge is 0.493 e. The fourth-order valence-corrected chi connectivity index (χ4v) is 5.43. The minimum absolute atomic E-state index is 0.239. The summed E-state index contributed by atoms with van der Waals surface area (Å²) in [4.78, 5) is 17.6. The monoisotopic (exact) mass is 464 g/mol. The molecule has 2 heterocycles. The molecule has 0 aliphatic carbocycles. The number of fused-ring (bicyclic) bond motifs is 1. The molecule has 6 nitrogen and oxygen atoms in total. The van der Waals surface area contributed by atoms with Crippen molar-refractivity contribution >= 4 is 12.0 Å². The van der Waals surface area contributed by atoms with Gasteiger partial charge in [0, 0.05) is 38.6 Å². The van der Waals surface area contributed by atoms with Gasteiger partial charge in [-0.2, -0.15) is 0 Å². The Morgan fingerprint density at radius 3 is 2.38 bits per heavy atom. The number of ether oxygens (including phenoxy) is 3. The molecule has 6 heteroatoms. The molecule has 0 radical (unpaired) electrons. The minimum atomic E-state index is 0.239. The highest BCUT2D eigenvalue weighted by Crippen LogP contribution is 2.39. The molecule has 4 rings (SSSR count). The minimum Gasteiger partial charge on any atom is -0.493 e. The maximum Gasteiger partial charge on any atom is 0.223 e. The van der Waals surface area contributed by atoms with Gasteiger partial charge in [0.1, 0.15) is 0 Å². The zero-order chi connectivity index (χ0) is 24.1. The Hall–Kier alpha value is -2.99. The second-order valence-electron chi connectivity index (χ2n) is 9.35. The van der Waals surface area contributed by atoms with Crippen LogP contribution >= 0.6 is 0 Å². The van der Waals surface area contributed by atoms with Gasteiger partial charge in [-0.15, -0.1) is 0 Å². The van der Waals surface area contributed by atoms with Gasteiger partial charge in [-0.05, 0) is 48.9 Å². The Balaban J connectivity index is 1.45. The molecule has 0 unspecified atom stereocenters. The molecule has 0 bridgehead atoms. The Bertz CT molecular complexity index is 995. The van der Waals surface area contributed by atoms with Gasteiger partial charge in [0.15, 0.2) is 11.5 Å². The maximum absolute atomic E-state index is 13.0. The van der Waals surface area contributed by atoms with Crippen LogP contribution in [0.15, 0.2) is 48.0 Å². The van der Waals surface area contributed by atoms with E-state index in [4.69, 9.17) is 14.2 Å². The van der Waals surface area contributed by atoms with Crippen molar-refractivity contribution in [1.29, 1.82) is 0 Å². The number of hydrogen-bond donors (Lipinski definition) is 0. The lowest BCUT2D eigenvalue weighted by molar-refractivity contribution is -0.142. The Kier molecular flexibility index (Phi) is 7.78. The topological polar surface area (TPSA) is 51.2 Å². The summed E-state index contributed by atoms with van der Waals surface area (Å²) in [7, 11) is 4.84. The van der Waals surface area contributed by atoms with Crippen molar-refractivity contribution in [3.05, 3.63) is 59.2 Å². The maximum atomic E-state index is 13.0. The standard InChI is InChI=1S/C28H36N2O4/c1-20(14-21-8-6-5-7-9-21)17-29-13-12-24-23(19-29)10-11-27(31)30(24)18-22-15-25(32-2)28(34-4)26(16-22)33-3/h5-9,14-16,23-24H,10-13,17-19H2,1-4H3/b20-14+/t23-,24+/m0/s1. The van der Waals surface area contributed by atoms with Crippen LogP contribution in [0.25, 0.3) is 6.08 Å². The molecule has 2 aliphatic heterocycles. The molecular formula is C28H36N2O4. The number of likely N-dealkylation sites (tertiary alicyclic amines) is 2. The number of methoxy groups -OCH3 is 3. The van der Waals surface area contributed by atoms with Crippen molar-refractivity contribution in [3.63, 3.8) is 0 Å². The third kappa shape index (κ3) is 5.39. The van der Waals surface area contributed by atoms with Crippen LogP contribution in [0.1, 0.15) is 37.3 Å². The first-order valence-corrected chi connectivity index (χ1v) is 12.0. The number of amides is 1. The highest BCUT2D eigenvalue weighted by atomic mass is 16.5. The molecule has 2 aromatic carbocycles. The van der Waals surface area contributed by atoms with Crippen LogP contribution in [-0.2, 0) is 11.3 Å². The average Bonchev–Trinajstić information content (AvgIpc) is 2.85. The van der Waals surface area contributed by atoms with Gasteiger partial charge in [0.25, 0.3) is 0 Å². The number of rotatable bonds is 8. The fraction of sp³-hybridized carbons (Fsp3) is 0.464. The van der Waals surface area contributed by atoms with E-state index in [-0.39, 0.29) is 11.9 Å². The van der Waals surface area contributed by atoms with Crippen molar-refractivity contribution in [2.75, 3.05) is 41.0 Å². The summed E-state index contributed by atoms with van der Waals surface area (Å²) in [5, 5.41) is 0. The molecule has 34 heavy (non-hydrogen) atoms. The van der Waals surface area contributed by atoms with Crippen LogP contribution < -0.4 is 14.2 Å². The zero-order valence-electron chi connectivity index (χ0n) is 20.8. The Morgan fingerprint density at radius 2 is 1.74 bits per heavy atom. The number of piperidine rings is 2. The van der Waals surface area contributed by atoms with Gasteiger partial charge in [0.05, 0.1) is 21.3 Å². The SMILES string of the molecule is COc1cc(CN2C(=O)CC[C@H]3CN(C/C(C)=C/c4ccccc4)CC[C@H]32)cc(OC)c1OC. The molecule has 2 atom stereocenters. The molecule has 0 N–H and O–H groups in total. The van der Waals surface area contributed by atoms with Crippen LogP contribution in [0.2, 0.25) is 0 Å². The second kappa shape index (κ2) is 11.0. The first-order chi connectivity index (χ1) is 16.5. The number of benzene rings is 2. The van der Waals surface area contributed by atoms with E-state index in [2.05, 4.69) is 47.1 Å². The summed E-state index contributed by atoms with van der Waals surface area (Å²) < 4.78 is 16.5. The summed E-state index contributed by atoms with van der Waals surface area (Å²) in [5.41, 5.74) is 3.60. The van der Waals surface area contributed by atoms with E-state index in [9.17, 15) is 4.79 Å². The van der Waals surface area contributed by atoms with Crippen LogP contribution in [0, 0.1) is 5.92 Å². The van der Waals surface area contributed by atoms with Crippen molar-refractivity contribution in [2.45, 2.75) is 38.8 Å². The summed E-state index contributed by atoms with van der Waals surface area (Å²) in [6, 6.07) is 14.7. The van der Waals surface area contributed by atoms with Crippen molar-refractivity contribution in [1.82, 2.24) is 9.80 Å². The van der Waals surface area contributed by atoms with E-state index in [1.54, 1.807) is 21.3 Å². The van der Waals surface area contributed by atoms with Gasteiger partial charge in [0.2, 0.25) is 11.7 Å². The van der Waals surface area contributed by atoms with Gasteiger partial charge < -0.3 is 19.1 Å². The van der Waals surface area contributed by atoms with Gasteiger partial charge in [-0.1, -0.05) is 42.0 Å². The quantitative estimate of drug-likeness (QED) is 0.570. The summed E-state index contributed by atoms with van der Waals surface area (Å²) in [6.45, 7) is 5.77. The first-order valence-electron chi connectivity index (χ1n) is 12.0. The summed E-state index contributed by atoms with van der Waals surface area (Å²) in [6.07, 6.45) is 4.85. The van der Waals surface area contributed by atoms with E-state index in [0.29, 0.717) is 36.1 Å². The molecule has 0 aromatic heterocycles. The third-order valence-corrected chi connectivity index (χ3v) is 6.99. The van der Waals surface area contributed by atoms with Gasteiger partial charge in [-0.3, -0.25) is 9.69 Å². The predicted molar refractivity (Wildman–Crippen MR) is 134 cm³/mol. The molecular weight excluding hydrogens is 428 g/mol. The lowest BCUT2D eigenvalue weighted by Crippen LogP contribution is -2.55. The lowest BCUT2D eigenvalue weighted by Gasteiger charge is -2.47. The highest BCUT2D eigenvalue weighted by Gasteiger charge is 2.39. The summed E-state index contributed by atoms with van der Waals surface area (Å²) >= 11 is 0.